The molecule has 4 fully saturated rings. The van der Waals surface area contributed by atoms with Crippen LogP contribution in [0.5, 0.6) is 0 Å². The minimum atomic E-state index is -0.580. The van der Waals surface area contributed by atoms with Crippen LogP contribution >= 0.6 is 15.9 Å². The lowest BCUT2D eigenvalue weighted by Crippen LogP contribution is -2.57. The van der Waals surface area contributed by atoms with Crippen LogP contribution in [0.25, 0.3) is 0 Å². The molecule has 0 aliphatic heterocycles. The molecule has 140 valence electrons. The van der Waals surface area contributed by atoms with Crippen molar-refractivity contribution in [3.05, 3.63) is 28.2 Å². The lowest BCUT2D eigenvalue weighted by atomic mass is 9.48. The quantitative estimate of drug-likeness (QED) is 0.713. The summed E-state index contributed by atoms with van der Waals surface area (Å²) in [6, 6.07) is 5.59. The van der Waals surface area contributed by atoms with Crippen LogP contribution in [0.4, 0.5) is 5.69 Å². The Morgan fingerprint density at radius 1 is 1.08 bits per heavy atom. The van der Waals surface area contributed by atoms with E-state index in [0.717, 1.165) is 27.8 Å². The number of hydrogen-bond acceptors (Lipinski definition) is 2. The fourth-order valence-corrected chi connectivity index (χ4v) is 6.28. The summed E-state index contributed by atoms with van der Waals surface area (Å²) in [6.07, 6.45) is 7.78. The Balaban J connectivity index is 1.39. The van der Waals surface area contributed by atoms with E-state index in [1.165, 1.54) is 38.5 Å². The van der Waals surface area contributed by atoms with Gasteiger partial charge in [0.1, 0.15) is 0 Å². The summed E-state index contributed by atoms with van der Waals surface area (Å²) in [5.41, 5.74) is 1.87. The van der Waals surface area contributed by atoms with Crippen LogP contribution in [0.3, 0.4) is 0 Å². The summed E-state index contributed by atoms with van der Waals surface area (Å²) in [4.78, 5) is 24.8. The van der Waals surface area contributed by atoms with Gasteiger partial charge in [0.25, 0.3) is 0 Å². The van der Waals surface area contributed by atoms with Gasteiger partial charge >= 0.3 is 11.8 Å². The average molecular weight is 419 g/mol. The molecule has 1 aromatic carbocycles. The first-order chi connectivity index (χ1) is 12.3. The van der Waals surface area contributed by atoms with E-state index in [0.29, 0.717) is 5.69 Å². The molecule has 26 heavy (non-hydrogen) atoms. The van der Waals surface area contributed by atoms with Crippen LogP contribution in [0.1, 0.15) is 51.0 Å². The van der Waals surface area contributed by atoms with Crippen LogP contribution in [-0.4, -0.2) is 17.9 Å². The second kappa shape index (κ2) is 6.66. The van der Waals surface area contributed by atoms with Crippen LogP contribution in [0.2, 0.25) is 0 Å². The number of nitrogens with one attached hydrogen (secondary N) is 2. The predicted molar refractivity (Wildman–Crippen MR) is 106 cm³/mol. The van der Waals surface area contributed by atoms with E-state index in [9.17, 15) is 9.59 Å². The van der Waals surface area contributed by atoms with Gasteiger partial charge in [0.2, 0.25) is 0 Å². The molecule has 4 aliphatic carbocycles. The maximum Gasteiger partial charge on any atom is 0.313 e. The third kappa shape index (κ3) is 3.30. The number of benzene rings is 1. The largest absolute Gasteiger partial charge is 0.345 e. The van der Waals surface area contributed by atoms with Crippen LogP contribution < -0.4 is 10.6 Å². The van der Waals surface area contributed by atoms with Gasteiger partial charge in [0.05, 0.1) is 0 Å². The number of anilines is 1. The van der Waals surface area contributed by atoms with E-state index in [1.54, 1.807) is 6.07 Å². The van der Waals surface area contributed by atoms with Crippen LogP contribution in [-0.2, 0) is 9.59 Å². The minimum absolute atomic E-state index is 0.0563. The lowest BCUT2D eigenvalue weighted by Gasteiger charge is -2.59. The van der Waals surface area contributed by atoms with E-state index in [1.807, 2.05) is 19.1 Å². The van der Waals surface area contributed by atoms with Gasteiger partial charge in [-0.3, -0.25) is 9.59 Å². The smallest absolute Gasteiger partial charge is 0.313 e. The van der Waals surface area contributed by atoms with Gasteiger partial charge in [0, 0.05) is 16.2 Å². The van der Waals surface area contributed by atoms with Crippen molar-refractivity contribution in [1.82, 2.24) is 5.32 Å². The highest BCUT2D eigenvalue weighted by Crippen LogP contribution is 2.61. The molecule has 4 bridgehead atoms. The second-order valence-electron chi connectivity index (χ2n) is 8.89. The van der Waals surface area contributed by atoms with E-state index in [4.69, 9.17) is 0 Å². The highest BCUT2D eigenvalue weighted by molar-refractivity contribution is 9.10. The summed E-state index contributed by atoms with van der Waals surface area (Å²) in [7, 11) is 0. The number of carbonyl (C=O) groups is 2. The zero-order valence-electron chi connectivity index (χ0n) is 15.5. The fourth-order valence-electron chi connectivity index (χ4n) is 6.03. The number of amides is 2. The summed E-state index contributed by atoms with van der Waals surface area (Å²) < 4.78 is 0.982. The Kier molecular flexibility index (Phi) is 4.62. The van der Waals surface area contributed by atoms with E-state index < -0.39 is 11.8 Å². The molecule has 1 aromatic rings. The predicted octanol–water partition coefficient (Wildman–Crippen LogP) is 4.42. The molecule has 1 unspecified atom stereocenters. The zero-order valence-corrected chi connectivity index (χ0v) is 17.1. The van der Waals surface area contributed by atoms with Crippen molar-refractivity contribution in [2.75, 3.05) is 5.32 Å². The van der Waals surface area contributed by atoms with Crippen molar-refractivity contribution in [3.63, 3.8) is 0 Å². The molecule has 1 atom stereocenters. The highest BCUT2D eigenvalue weighted by Gasteiger charge is 2.53. The molecule has 4 saturated carbocycles. The molecule has 5 rings (SSSR count). The number of hydrogen-bond donors (Lipinski definition) is 2. The summed E-state index contributed by atoms with van der Waals surface area (Å²) in [6.45, 7) is 4.05. The molecule has 0 radical (unpaired) electrons. The number of rotatable bonds is 3. The van der Waals surface area contributed by atoms with Crippen molar-refractivity contribution >= 4 is 33.4 Å². The zero-order chi connectivity index (χ0) is 18.5. The molecule has 0 saturated heterocycles. The Morgan fingerprint density at radius 2 is 1.65 bits per heavy atom. The molecule has 4 aliphatic rings. The van der Waals surface area contributed by atoms with Crippen molar-refractivity contribution in [1.29, 1.82) is 0 Å². The fraction of sp³-hybridized carbons (Fsp3) is 0.619. The monoisotopic (exact) mass is 418 g/mol. The third-order valence-corrected chi connectivity index (χ3v) is 7.86. The van der Waals surface area contributed by atoms with Gasteiger partial charge < -0.3 is 10.6 Å². The van der Waals surface area contributed by atoms with Crippen molar-refractivity contribution < 1.29 is 9.59 Å². The first kappa shape index (κ1) is 18.0. The van der Waals surface area contributed by atoms with Gasteiger partial charge in [-0.25, -0.2) is 0 Å². The number of halogens is 1. The maximum atomic E-state index is 12.5. The van der Waals surface area contributed by atoms with Crippen LogP contribution in [0.15, 0.2) is 22.7 Å². The average Bonchev–Trinajstić information content (AvgIpc) is 2.57. The number of aryl methyl sites for hydroxylation is 1. The molecule has 2 amide bonds. The minimum Gasteiger partial charge on any atom is -0.345 e. The van der Waals surface area contributed by atoms with Crippen LogP contribution in [0, 0.1) is 30.1 Å². The summed E-state index contributed by atoms with van der Waals surface area (Å²) in [5, 5.41) is 5.74. The first-order valence-electron chi connectivity index (χ1n) is 9.72. The van der Waals surface area contributed by atoms with Gasteiger partial charge in [-0.15, -0.1) is 0 Å². The molecule has 5 heteroatoms. The van der Waals surface area contributed by atoms with Gasteiger partial charge in [-0.2, -0.15) is 0 Å². The van der Waals surface area contributed by atoms with Gasteiger partial charge in [-0.1, -0.05) is 15.9 Å². The highest BCUT2D eigenvalue weighted by atomic mass is 79.9. The van der Waals surface area contributed by atoms with E-state index in [2.05, 4.69) is 33.5 Å². The molecule has 2 N–H and O–H groups in total. The Hall–Kier alpha value is -1.36. The van der Waals surface area contributed by atoms with Gasteiger partial charge in [-0.05, 0) is 99.3 Å². The molecule has 0 aromatic heterocycles. The Morgan fingerprint density at radius 3 is 2.19 bits per heavy atom. The SMILES string of the molecule is Cc1cc(NC(=O)C(=O)NC(C)C23CC4CC(CC(C4)C2)C3)ccc1Br. The lowest BCUT2D eigenvalue weighted by molar-refractivity contribution is -0.138. The van der Waals surface area contributed by atoms with Crippen molar-refractivity contribution in [3.8, 4) is 0 Å². The summed E-state index contributed by atoms with van der Waals surface area (Å²) in [5.74, 6) is 1.40. The molecule has 0 heterocycles. The Labute approximate surface area is 163 Å². The standard InChI is InChI=1S/C21H27BrN2O2/c1-12-5-17(3-4-18(12)22)24-20(26)19(25)23-13(2)21-9-14-6-15(10-21)8-16(7-14)11-21/h3-5,13-16H,6-11H2,1-2H3,(H,23,25)(H,24,26). The summed E-state index contributed by atoms with van der Waals surface area (Å²) >= 11 is 3.44. The first-order valence-corrected chi connectivity index (χ1v) is 10.5. The molecule has 4 nitrogen and oxygen atoms in total. The van der Waals surface area contributed by atoms with E-state index in [-0.39, 0.29) is 11.5 Å². The Bertz CT molecular complexity index is 710. The van der Waals surface area contributed by atoms with Crippen molar-refractivity contribution in [2.45, 2.75) is 58.4 Å². The second-order valence-corrected chi connectivity index (χ2v) is 9.75. The molecule has 0 spiro atoms. The molecular formula is C21H27BrN2O2. The molecular weight excluding hydrogens is 392 g/mol. The normalized spacial score (nSPS) is 33.0. The number of carbonyl (C=O) groups excluding carboxylic acids is 2. The van der Waals surface area contributed by atoms with Crippen molar-refractivity contribution in [2.24, 2.45) is 23.2 Å². The maximum absolute atomic E-state index is 12.5. The van der Waals surface area contributed by atoms with Gasteiger partial charge in [0.15, 0.2) is 0 Å². The topological polar surface area (TPSA) is 58.2 Å². The third-order valence-electron chi connectivity index (χ3n) is 6.97. The van der Waals surface area contributed by atoms with E-state index >= 15 is 0 Å².